The van der Waals surface area contributed by atoms with E-state index in [0.717, 1.165) is 37.8 Å². The van der Waals surface area contributed by atoms with E-state index in [1.54, 1.807) is 0 Å². The first-order valence-corrected chi connectivity index (χ1v) is 6.93. The van der Waals surface area contributed by atoms with E-state index in [1.165, 1.54) is 0 Å². The molecule has 2 rings (SSSR count). The summed E-state index contributed by atoms with van der Waals surface area (Å²) in [7, 11) is 0. The van der Waals surface area contributed by atoms with Gasteiger partial charge in [-0.15, -0.1) is 0 Å². The number of nitrogen functional groups attached to an aromatic ring is 1. The predicted octanol–water partition coefficient (Wildman–Crippen LogP) is 2.97. The minimum Gasteiger partial charge on any atom is -0.432 e. The molecule has 2 atom stereocenters. The number of halogens is 3. The van der Waals surface area contributed by atoms with E-state index in [1.807, 2.05) is 0 Å². The van der Waals surface area contributed by atoms with Crippen LogP contribution in [0.1, 0.15) is 25.7 Å². The molecule has 4 N–H and O–H groups in total. The number of hydrogen-bond donors (Lipinski definition) is 3. The summed E-state index contributed by atoms with van der Waals surface area (Å²) < 4.78 is 41.9. The maximum Gasteiger partial charge on any atom is 0.387 e. The minimum atomic E-state index is -3.10. The number of hydrogen-bond acceptors (Lipinski definition) is 4. The van der Waals surface area contributed by atoms with Gasteiger partial charge in [-0.1, -0.05) is 12.8 Å². The first-order chi connectivity index (χ1) is 9.97. The van der Waals surface area contributed by atoms with Crippen LogP contribution in [0.15, 0.2) is 12.1 Å². The molecule has 0 spiro atoms. The molecule has 1 aromatic carbocycles. The van der Waals surface area contributed by atoms with Gasteiger partial charge in [0.25, 0.3) is 0 Å². The highest BCUT2D eigenvalue weighted by Gasteiger charge is 2.23. The van der Waals surface area contributed by atoms with E-state index in [2.05, 4.69) is 10.1 Å². The fraction of sp³-hybridized carbons (Fsp3) is 0.571. The molecule has 1 saturated carbocycles. The van der Waals surface area contributed by atoms with Crippen molar-refractivity contribution in [1.82, 2.24) is 0 Å². The van der Waals surface area contributed by atoms with Crippen molar-refractivity contribution in [3.05, 3.63) is 17.9 Å². The van der Waals surface area contributed by atoms with Gasteiger partial charge in [0.05, 0.1) is 17.5 Å². The van der Waals surface area contributed by atoms with Gasteiger partial charge >= 0.3 is 6.61 Å². The molecule has 4 nitrogen and oxygen atoms in total. The average Bonchev–Trinajstić information content (AvgIpc) is 2.41. The van der Waals surface area contributed by atoms with Crippen molar-refractivity contribution in [2.45, 2.75) is 38.4 Å². The zero-order chi connectivity index (χ0) is 15.4. The van der Waals surface area contributed by atoms with Crippen LogP contribution in [0.2, 0.25) is 0 Å². The van der Waals surface area contributed by atoms with E-state index in [0.29, 0.717) is 12.2 Å². The Bertz CT molecular complexity index is 486. The number of anilines is 2. The summed E-state index contributed by atoms with van der Waals surface area (Å²) in [4.78, 5) is 0. The first-order valence-electron chi connectivity index (χ1n) is 6.93. The zero-order valence-corrected chi connectivity index (χ0v) is 11.5. The van der Waals surface area contributed by atoms with Crippen LogP contribution in [0, 0.1) is 11.7 Å². The average molecular weight is 304 g/mol. The van der Waals surface area contributed by atoms with Gasteiger partial charge in [0.1, 0.15) is 0 Å². The molecule has 0 aliphatic heterocycles. The van der Waals surface area contributed by atoms with Crippen molar-refractivity contribution >= 4 is 11.4 Å². The predicted molar refractivity (Wildman–Crippen MR) is 73.9 cm³/mol. The SMILES string of the molecule is Nc1cc(F)c(OC(F)F)cc1NCC1CCCCC1O. The molecule has 0 aromatic heterocycles. The molecule has 2 unspecified atom stereocenters. The van der Waals surface area contributed by atoms with Gasteiger partial charge in [0.15, 0.2) is 11.6 Å². The lowest BCUT2D eigenvalue weighted by molar-refractivity contribution is -0.0521. The maximum absolute atomic E-state index is 13.4. The number of nitrogens with two attached hydrogens (primary N) is 1. The van der Waals surface area contributed by atoms with Crippen LogP contribution in [0.25, 0.3) is 0 Å². The van der Waals surface area contributed by atoms with Crippen molar-refractivity contribution in [2.75, 3.05) is 17.6 Å². The van der Waals surface area contributed by atoms with Gasteiger partial charge in [-0.2, -0.15) is 8.78 Å². The third-order valence-corrected chi connectivity index (χ3v) is 3.74. The molecule has 1 fully saturated rings. The van der Waals surface area contributed by atoms with Crippen molar-refractivity contribution in [3.8, 4) is 5.75 Å². The van der Waals surface area contributed by atoms with Crippen molar-refractivity contribution < 1.29 is 23.0 Å². The molecule has 1 aliphatic rings. The van der Waals surface area contributed by atoms with Crippen LogP contribution >= 0.6 is 0 Å². The number of nitrogens with one attached hydrogen (secondary N) is 1. The maximum atomic E-state index is 13.4. The van der Waals surface area contributed by atoms with Gasteiger partial charge < -0.3 is 20.9 Å². The fourth-order valence-corrected chi connectivity index (χ4v) is 2.58. The highest BCUT2D eigenvalue weighted by molar-refractivity contribution is 5.68. The van der Waals surface area contributed by atoms with E-state index >= 15 is 0 Å². The molecule has 1 aliphatic carbocycles. The Kier molecular flexibility index (Phi) is 5.17. The molecule has 21 heavy (non-hydrogen) atoms. The summed E-state index contributed by atoms with van der Waals surface area (Å²) >= 11 is 0. The standard InChI is InChI=1S/C14H19F3N2O2/c15-9-5-10(18)11(6-13(9)21-14(16)17)19-7-8-3-1-2-4-12(8)20/h5-6,8,12,14,19-20H,1-4,7,18H2. The van der Waals surface area contributed by atoms with Gasteiger partial charge in [-0.3, -0.25) is 0 Å². The second-order valence-corrected chi connectivity index (χ2v) is 5.24. The molecule has 7 heteroatoms. The lowest BCUT2D eigenvalue weighted by Gasteiger charge is -2.28. The molecule has 1 aromatic rings. The van der Waals surface area contributed by atoms with Crippen LogP contribution in [-0.4, -0.2) is 24.4 Å². The number of alkyl halides is 2. The monoisotopic (exact) mass is 304 g/mol. The van der Waals surface area contributed by atoms with Gasteiger partial charge in [0, 0.05) is 24.6 Å². The quantitative estimate of drug-likeness (QED) is 0.732. The Hall–Kier alpha value is -1.63. The number of benzene rings is 1. The molecule has 118 valence electrons. The van der Waals surface area contributed by atoms with E-state index in [-0.39, 0.29) is 17.7 Å². The summed E-state index contributed by atoms with van der Waals surface area (Å²) in [6.45, 7) is -2.65. The summed E-state index contributed by atoms with van der Waals surface area (Å²) in [6.07, 6.45) is 3.30. The number of aliphatic hydroxyl groups is 1. The summed E-state index contributed by atoms with van der Waals surface area (Å²) in [5.41, 5.74) is 6.10. The van der Waals surface area contributed by atoms with Crippen LogP contribution in [0.4, 0.5) is 24.5 Å². The summed E-state index contributed by atoms with van der Waals surface area (Å²) in [6, 6.07) is 2.06. The highest BCUT2D eigenvalue weighted by Crippen LogP contribution is 2.31. The van der Waals surface area contributed by atoms with Crippen LogP contribution in [-0.2, 0) is 0 Å². The largest absolute Gasteiger partial charge is 0.432 e. The third kappa shape index (κ3) is 4.17. The Morgan fingerprint density at radius 3 is 2.71 bits per heavy atom. The number of rotatable bonds is 5. The Balaban J connectivity index is 2.04. The van der Waals surface area contributed by atoms with E-state index in [4.69, 9.17) is 5.73 Å². The van der Waals surface area contributed by atoms with Crippen LogP contribution in [0.5, 0.6) is 5.75 Å². The molecule has 0 saturated heterocycles. The van der Waals surface area contributed by atoms with Crippen molar-refractivity contribution in [3.63, 3.8) is 0 Å². The van der Waals surface area contributed by atoms with E-state index in [9.17, 15) is 18.3 Å². The second-order valence-electron chi connectivity index (χ2n) is 5.24. The van der Waals surface area contributed by atoms with E-state index < -0.39 is 18.2 Å². The van der Waals surface area contributed by atoms with Gasteiger partial charge in [-0.05, 0) is 12.8 Å². The lowest BCUT2D eigenvalue weighted by Crippen LogP contribution is -2.30. The topological polar surface area (TPSA) is 67.5 Å². The molecule has 0 radical (unpaired) electrons. The molecule has 0 heterocycles. The number of aliphatic hydroxyl groups excluding tert-OH is 1. The van der Waals surface area contributed by atoms with Gasteiger partial charge in [-0.25, -0.2) is 4.39 Å². The normalized spacial score (nSPS) is 22.3. The number of ether oxygens (including phenoxy) is 1. The lowest BCUT2D eigenvalue weighted by atomic mass is 9.86. The molecular formula is C14H19F3N2O2. The summed E-state index contributed by atoms with van der Waals surface area (Å²) in [5.74, 6) is -1.41. The van der Waals surface area contributed by atoms with Gasteiger partial charge in [0.2, 0.25) is 0 Å². The second kappa shape index (κ2) is 6.89. The molecular weight excluding hydrogens is 285 g/mol. The molecule has 0 amide bonds. The fourth-order valence-electron chi connectivity index (χ4n) is 2.58. The Labute approximate surface area is 121 Å². The Morgan fingerprint density at radius 1 is 1.33 bits per heavy atom. The molecule has 0 bridgehead atoms. The van der Waals surface area contributed by atoms with Crippen molar-refractivity contribution in [1.29, 1.82) is 0 Å². The Morgan fingerprint density at radius 2 is 2.05 bits per heavy atom. The smallest absolute Gasteiger partial charge is 0.387 e. The van der Waals surface area contributed by atoms with Crippen LogP contribution < -0.4 is 15.8 Å². The zero-order valence-electron chi connectivity index (χ0n) is 11.5. The minimum absolute atomic E-state index is 0.0719. The first kappa shape index (κ1) is 15.8. The van der Waals surface area contributed by atoms with Crippen molar-refractivity contribution in [2.24, 2.45) is 5.92 Å². The third-order valence-electron chi connectivity index (χ3n) is 3.74. The highest BCUT2D eigenvalue weighted by atomic mass is 19.3. The summed E-state index contributed by atoms with van der Waals surface area (Å²) in [5, 5.41) is 12.9. The van der Waals surface area contributed by atoms with Crippen LogP contribution in [0.3, 0.4) is 0 Å².